The van der Waals surface area contributed by atoms with Gasteiger partial charge in [0.1, 0.15) is 5.69 Å². The molecule has 24 heavy (non-hydrogen) atoms. The molecule has 1 fully saturated rings. The van der Waals surface area contributed by atoms with Crippen LogP contribution in [0.3, 0.4) is 0 Å². The van der Waals surface area contributed by atoms with Crippen LogP contribution in [0.2, 0.25) is 0 Å². The Balaban J connectivity index is 2.35. The number of piperidine rings is 1. The van der Waals surface area contributed by atoms with Gasteiger partial charge in [-0.15, -0.1) is 0 Å². The molecule has 0 unspecified atom stereocenters. The van der Waals surface area contributed by atoms with E-state index >= 15 is 0 Å². The fourth-order valence-electron chi connectivity index (χ4n) is 2.70. The standard InChI is InChI=1S/C15H23N3O5S/c1-2-12(11-19)16-14-7-6-13(10-15(14)18(20)21)24(22,23)17-8-4-3-5-9-17/h6-7,10,12,16,19H,2-5,8-9,11H2,1H3/t12-/m1/s1. The number of hydrogen-bond donors (Lipinski definition) is 2. The third-order valence-corrected chi connectivity index (χ3v) is 6.09. The molecule has 1 aliphatic rings. The Morgan fingerprint density at radius 3 is 2.54 bits per heavy atom. The summed E-state index contributed by atoms with van der Waals surface area (Å²) in [5, 5.41) is 23.5. The summed E-state index contributed by atoms with van der Waals surface area (Å²) in [6.07, 6.45) is 3.18. The molecule has 0 aromatic heterocycles. The molecular weight excluding hydrogens is 334 g/mol. The first-order chi connectivity index (χ1) is 11.4. The fourth-order valence-corrected chi connectivity index (χ4v) is 4.23. The van der Waals surface area contributed by atoms with Crippen LogP contribution in [-0.4, -0.2) is 48.5 Å². The SMILES string of the molecule is CC[C@H](CO)Nc1ccc(S(=O)(=O)N2CCCCC2)cc1[N+](=O)[O-]. The Kier molecular flexibility index (Phi) is 6.14. The Hall–Kier alpha value is -1.71. The number of nitrogens with zero attached hydrogens (tertiary/aromatic N) is 2. The van der Waals surface area contributed by atoms with Crippen molar-refractivity contribution in [3.63, 3.8) is 0 Å². The first-order valence-corrected chi connectivity index (χ1v) is 9.50. The van der Waals surface area contributed by atoms with E-state index in [4.69, 9.17) is 0 Å². The van der Waals surface area contributed by atoms with Gasteiger partial charge in [0.05, 0.1) is 16.4 Å². The highest BCUT2D eigenvalue weighted by Crippen LogP contribution is 2.30. The average Bonchev–Trinajstić information content (AvgIpc) is 2.60. The third kappa shape index (κ3) is 4.03. The van der Waals surface area contributed by atoms with E-state index in [1.165, 1.54) is 16.4 Å². The predicted molar refractivity (Wildman–Crippen MR) is 90.5 cm³/mol. The van der Waals surface area contributed by atoms with Gasteiger partial charge in [0.15, 0.2) is 0 Å². The largest absolute Gasteiger partial charge is 0.394 e. The average molecular weight is 357 g/mol. The molecule has 2 N–H and O–H groups in total. The van der Waals surface area contributed by atoms with Crippen LogP contribution in [0.15, 0.2) is 23.1 Å². The zero-order chi connectivity index (χ0) is 17.7. The van der Waals surface area contributed by atoms with Crippen LogP contribution in [0.5, 0.6) is 0 Å². The summed E-state index contributed by atoms with van der Waals surface area (Å²) >= 11 is 0. The van der Waals surface area contributed by atoms with Gasteiger partial charge < -0.3 is 10.4 Å². The normalized spacial score (nSPS) is 17.4. The maximum absolute atomic E-state index is 12.7. The molecule has 0 radical (unpaired) electrons. The molecule has 9 heteroatoms. The van der Waals surface area contributed by atoms with Crippen LogP contribution >= 0.6 is 0 Å². The van der Waals surface area contributed by atoms with Gasteiger partial charge in [0, 0.05) is 25.2 Å². The Labute approximate surface area is 141 Å². The van der Waals surface area contributed by atoms with Gasteiger partial charge in [-0.1, -0.05) is 13.3 Å². The molecule has 1 heterocycles. The Bertz CT molecular complexity index is 682. The number of sulfonamides is 1. The second-order valence-electron chi connectivity index (χ2n) is 5.83. The minimum atomic E-state index is -3.72. The van der Waals surface area contributed by atoms with E-state index in [9.17, 15) is 23.6 Å². The number of rotatable bonds is 7. The van der Waals surface area contributed by atoms with Crippen LogP contribution in [0.25, 0.3) is 0 Å². The van der Waals surface area contributed by atoms with E-state index in [1.807, 2.05) is 6.92 Å². The zero-order valence-corrected chi connectivity index (χ0v) is 14.5. The molecule has 2 rings (SSSR count). The molecule has 1 aliphatic heterocycles. The molecular formula is C15H23N3O5S. The second kappa shape index (κ2) is 7.91. The van der Waals surface area contributed by atoms with E-state index in [0.29, 0.717) is 19.5 Å². The lowest BCUT2D eigenvalue weighted by Crippen LogP contribution is -2.35. The number of nitro benzene ring substituents is 1. The number of aliphatic hydroxyl groups is 1. The molecule has 8 nitrogen and oxygen atoms in total. The molecule has 0 spiro atoms. The molecule has 0 saturated carbocycles. The summed E-state index contributed by atoms with van der Waals surface area (Å²) in [6.45, 7) is 2.56. The number of hydrogen-bond acceptors (Lipinski definition) is 6. The van der Waals surface area contributed by atoms with E-state index in [1.54, 1.807) is 0 Å². The lowest BCUT2D eigenvalue weighted by molar-refractivity contribution is -0.384. The van der Waals surface area contributed by atoms with Crippen LogP contribution in [0, 0.1) is 10.1 Å². The maximum atomic E-state index is 12.7. The first-order valence-electron chi connectivity index (χ1n) is 8.06. The summed E-state index contributed by atoms with van der Waals surface area (Å²) in [7, 11) is -3.72. The van der Waals surface area contributed by atoms with Crippen molar-refractivity contribution in [2.45, 2.75) is 43.5 Å². The molecule has 1 atom stereocenters. The molecule has 0 bridgehead atoms. The van der Waals surface area contributed by atoms with Gasteiger partial charge in [-0.2, -0.15) is 4.31 Å². The topological polar surface area (TPSA) is 113 Å². The molecule has 134 valence electrons. The molecule has 1 aromatic rings. The first kappa shape index (κ1) is 18.6. The lowest BCUT2D eigenvalue weighted by Gasteiger charge is -2.26. The van der Waals surface area contributed by atoms with Crippen LogP contribution in [0.4, 0.5) is 11.4 Å². The smallest absolute Gasteiger partial charge is 0.293 e. The van der Waals surface area contributed by atoms with Gasteiger partial charge >= 0.3 is 0 Å². The van der Waals surface area contributed by atoms with E-state index in [0.717, 1.165) is 25.3 Å². The highest BCUT2D eigenvalue weighted by molar-refractivity contribution is 7.89. The number of benzene rings is 1. The van der Waals surface area contributed by atoms with Crippen LogP contribution < -0.4 is 5.32 Å². The van der Waals surface area contributed by atoms with Crippen molar-refractivity contribution in [2.75, 3.05) is 25.0 Å². The summed E-state index contributed by atoms with van der Waals surface area (Å²) in [5.41, 5.74) is -0.0986. The Morgan fingerprint density at radius 2 is 2.00 bits per heavy atom. The molecule has 0 aliphatic carbocycles. The van der Waals surface area contributed by atoms with E-state index in [-0.39, 0.29) is 28.9 Å². The van der Waals surface area contributed by atoms with Gasteiger partial charge in [0.2, 0.25) is 10.0 Å². The van der Waals surface area contributed by atoms with Gasteiger partial charge in [-0.3, -0.25) is 10.1 Å². The van der Waals surface area contributed by atoms with Crippen molar-refractivity contribution in [3.05, 3.63) is 28.3 Å². The van der Waals surface area contributed by atoms with Crippen molar-refractivity contribution >= 4 is 21.4 Å². The van der Waals surface area contributed by atoms with E-state index in [2.05, 4.69) is 5.32 Å². The number of nitro groups is 1. The second-order valence-corrected chi connectivity index (χ2v) is 7.77. The minimum absolute atomic E-state index is 0.0707. The minimum Gasteiger partial charge on any atom is -0.394 e. The highest BCUT2D eigenvalue weighted by Gasteiger charge is 2.28. The highest BCUT2D eigenvalue weighted by atomic mass is 32.2. The van der Waals surface area contributed by atoms with Gasteiger partial charge in [0.25, 0.3) is 5.69 Å². The maximum Gasteiger partial charge on any atom is 0.293 e. The summed E-state index contributed by atoms with van der Waals surface area (Å²) in [5.74, 6) is 0. The summed E-state index contributed by atoms with van der Waals surface area (Å²) < 4.78 is 26.7. The third-order valence-electron chi connectivity index (χ3n) is 4.19. The van der Waals surface area contributed by atoms with Crippen molar-refractivity contribution in [1.29, 1.82) is 0 Å². The zero-order valence-electron chi connectivity index (χ0n) is 13.6. The van der Waals surface area contributed by atoms with Crippen LogP contribution in [0.1, 0.15) is 32.6 Å². The number of anilines is 1. The number of aliphatic hydroxyl groups excluding tert-OH is 1. The quantitative estimate of drug-likeness (QED) is 0.570. The van der Waals surface area contributed by atoms with Gasteiger partial charge in [-0.05, 0) is 31.4 Å². The van der Waals surface area contributed by atoms with Crippen molar-refractivity contribution < 1.29 is 18.4 Å². The van der Waals surface area contributed by atoms with Crippen LogP contribution in [-0.2, 0) is 10.0 Å². The monoisotopic (exact) mass is 357 g/mol. The number of nitrogens with one attached hydrogen (secondary N) is 1. The summed E-state index contributed by atoms with van der Waals surface area (Å²) in [4.78, 5) is 10.6. The Morgan fingerprint density at radius 1 is 1.33 bits per heavy atom. The molecule has 1 aromatic carbocycles. The molecule has 1 saturated heterocycles. The van der Waals surface area contributed by atoms with Gasteiger partial charge in [-0.25, -0.2) is 8.42 Å². The predicted octanol–water partition coefficient (Wildman–Crippen LogP) is 1.95. The van der Waals surface area contributed by atoms with Crippen molar-refractivity contribution in [2.24, 2.45) is 0 Å². The molecule has 0 amide bonds. The van der Waals surface area contributed by atoms with E-state index < -0.39 is 14.9 Å². The van der Waals surface area contributed by atoms with Crippen molar-refractivity contribution in [3.8, 4) is 0 Å². The fraction of sp³-hybridized carbons (Fsp3) is 0.600. The lowest BCUT2D eigenvalue weighted by atomic mass is 10.2. The summed E-state index contributed by atoms with van der Waals surface area (Å²) in [6, 6.07) is 3.54. The van der Waals surface area contributed by atoms with Crippen molar-refractivity contribution in [1.82, 2.24) is 4.31 Å².